The highest BCUT2D eigenvalue weighted by Gasteiger charge is 2.21. The van der Waals surface area contributed by atoms with Crippen LogP contribution in [0.5, 0.6) is 0 Å². The predicted octanol–water partition coefficient (Wildman–Crippen LogP) is 3.16. The average molecular weight is 342 g/mol. The van der Waals surface area contributed by atoms with Gasteiger partial charge in [-0.05, 0) is 30.0 Å². The predicted molar refractivity (Wildman–Crippen MR) is 95.2 cm³/mol. The molecule has 24 heavy (non-hydrogen) atoms. The van der Waals surface area contributed by atoms with Crippen molar-refractivity contribution < 1.29 is 9.59 Å². The number of carbonyl (C=O) groups excluding carboxylic acids is 2. The van der Waals surface area contributed by atoms with E-state index in [-0.39, 0.29) is 11.8 Å². The monoisotopic (exact) mass is 342 g/mol. The lowest BCUT2D eigenvalue weighted by molar-refractivity contribution is -0.118. The SMILES string of the molecule is CCC[C@@H](NC(=O)c1ccsc1)C(=O)Nc1nc2ccccc2[nH]1. The Bertz CT molecular complexity index is 808. The van der Waals surface area contributed by atoms with Crippen molar-refractivity contribution in [3.63, 3.8) is 0 Å². The number of carbonyl (C=O) groups is 2. The highest BCUT2D eigenvalue weighted by Crippen LogP contribution is 2.14. The Hall–Kier alpha value is -2.67. The first kappa shape index (κ1) is 16.2. The van der Waals surface area contributed by atoms with Gasteiger partial charge in [-0.3, -0.25) is 14.9 Å². The maximum absolute atomic E-state index is 12.5. The fourth-order valence-corrected chi connectivity index (χ4v) is 3.04. The van der Waals surface area contributed by atoms with Gasteiger partial charge in [0, 0.05) is 5.38 Å². The number of aromatic nitrogens is 2. The van der Waals surface area contributed by atoms with E-state index < -0.39 is 6.04 Å². The number of rotatable bonds is 6. The molecule has 7 heteroatoms. The summed E-state index contributed by atoms with van der Waals surface area (Å²) in [6, 6.07) is 8.67. The van der Waals surface area contributed by atoms with E-state index in [4.69, 9.17) is 0 Å². The number of benzene rings is 1. The number of aromatic amines is 1. The molecule has 0 saturated heterocycles. The third kappa shape index (κ3) is 3.62. The number of hydrogen-bond donors (Lipinski definition) is 3. The molecule has 0 spiro atoms. The van der Waals surface area contributed by atoms with Crippen LogP contribution >= 0.6 is 11.3 Å². The molecule has 1 atom stereocenters. The van der Waals surface area contributed by atoms with Crippen molar-refractivity contribution in [3.8, 4) is 0 Å². The first-order valence-corrected chi connectivity index (χ1v) is 8.70. The Morgan fingerprint density at radius 1 is 1.29 bits per heavy atom. The van der Waals surface area contributed by atoms with Gasteiger partial charge >= 0.3 is 0 Å². The summed E-state index contributed by atoms with van der Waals surface area (Å²) in [4.78, 5) is 32.1. The van der Waals surface area contributed by atoms with Gasteiger partial charge in [0.25, 0.3) is 5.91 Å². The van der Waals surface area contributed by atoms with E-state index in [2.05, 4.69) is 20.6 Å². The molecule has 2 amide bonds. The lowest BCUT2D eigenvalue weighted by atomic mass is 10.1. The van der Waals surface area contributed by atoms with Gasteiger partial charge in [-0.15, -0.1) is 0 Å². The summed E-state index contributed by atoms with van der Waals surface area (Å²) in [7, 11) is 0. The van der Waals surface area contributed by atoms with Gasteiger partial charge in [0.2, 0.25) is 11.9 Å². The molecular weight excluding hydrogens is 324 g/mol. The Morgan fingerprint density at radius 2 is 2.12 bits per heavy atom. The highest BCUT2D eigenvalue weighted by molar-refractivity contribution is 7.08. The minimum absolute atomic E-state index is 0.241. The van der Waals surface area contributed by atoms with Crippen LogP contribution in [-0.4, -0.2) is 27.8 Å². The van der Waals surface area contributed by atoms with Crippen LogP contribution in [0.2, 0.25) is 0 Å². The average Bonchev–Trinajstić information content (AvgIpc) is 3.23. The summed E-state index contributed by atoms with van der Waals surface area (Å²) in [6.07, 6.45) is 1.34. The van der Waals surface area contributed by atoms with E-state index in [1.807, 2.05) is 36.6 Å². The summed E-state index contributed by atoms with van der Waals surface area (Å²) in [5.74, 6) is -0.138. The lowest BCUT2D eigenvalue weighted by Gasteiger charge is -2.16. The number of nitrogens with zero attached hydrogens (tertiary/aromatic N) is 1. The van der Waals surface area contributed by atoms with Crippen molar-refractivity contribution in [1.29, 1.82) is 0 Å². The topological polar surface area (TPSA) is 86.9 Å². The molecule has 0 radical (unpaired) electrons. The Kier molecular flexibility index (Phi) is 4.90. The first-order valence-electron chi connectivity index (χ1n) is 7.76. The summed E-state index contributed by atoms with van der Waals surface area (Å²) in [5.41, 5.74) is 2.20. The fourth-order valence-electron chi connectivity index (χ4n) is 2.41. The third-order valence-corrected chi connectivity index (χ3v) is 4.30. The maximum Gasteiger partial charge on any atom is 0.252 e. The molecule has 2 heterocycles. The van der Waals surface area contributed by atoms with E-state index in [1.54, 1.807) is 11.4 Å². The molecule has 0 aliphatic carbocycles. The number of H-pyrrole nitrogens is 1. The van der Waals surface area contributed by atoms with Crippen LogP contribution in [0.25, 0.3) is 11.0 Å². The second-order valence-electron chi connectivity index (χ2n) is 5.42. The Balaban J connectivity index is 1.70. The van der Waals surface area contributed by atoms with Gasteiger partial charge in [-0.1, -0.05) is 25.5 Å². The van der Waals surface area contributed by atoms with Crippen molar-refractivity contribution in [1.82, 2.24) is 15.3 Å². The van der Waals surface area contributed by atoms with Crippen LogP contribution in [0, 0.1) is 0 Å². The number of nitrogens with one attached hydrogen (secondary N) is 3. The number of para-hydroxylation sites is 2. The molecule has 6 nitrogen and oxygen atoms in total. The molecule has 0 saturated carbocycles. The number of hydrogen-bond acceptors (Lipinski definition) is 4. The zero-order valence-corrected chi connectivity index (χ0v) is 14.0. The van der Waals surface area contributed by atoms with Gasteiger partial charge in [-0.2, -0.15) is 11.3 Å². The van der Waals surface area contributed by atoms with Gasteiger partial charge in [0.15, 0.2) is 0 Å². The normalized spacial score (nSPS) is 12.0. The molecule has 3 N–H and O–H groups in total. The number of fused-ring (bicyclic) bond motifs is 1. The molecule has 0 aliphatic heterocycles. The van der Waals surface area contributed by atoms with Crippen LogP contribution in [0.15, 0.2) is 41.1 Å². The molecule has 2 aromatic heterocycles. The lowest BCUT2D eigenvalue weighted by Crippen LogP contribution is -2.43. The van der Waals surface area contributed by atoms with Crippen LogP contribution in [0.4, 0.5) is 5.95 Å². The van der Waals surface area contributed by atoms with Crippen molar-refractivity contribution in [2.24, 2.45) is 0 Å². The minimum Gasteiger partial charge on any atom is -0.340 e. The zero-order chi connectivity index (χ0) is 16.9. The Labute approximate surface area is 143 Å². The van der Waals surface area contributed by atoms with E-state index in [9.17, 15) is 9.59 Å². The van der Waals surface area contributed by atoms with Gasteiger partial charge < -0.3 is 10.3 Å². The molecule has 0 unspecified atom stereocenters. The number of thiophene rings is 1. The molecule has 3 rings (SSSR count). The molecule has 0 bridgehead atoms. The molecule has 0 fully saturated rings. The molecule has 0 aliphatic rings. The highest BCUT2D eigenvalue weighted by atomic mass is 32.1. The number of imidazole rings is 1. The zero-order valence-electron chi connectivity index (χ0n) is 13.2. The molecular formula is C17H18N4O2S. The van der Waals surface area contributed by atoms with E-state index in [1.165, 1.54) is 11.3 Å². The fraction of sp³-hybridized carbons (Fsp3) is 0.235. The summed E-state index contributed by atoms with van der Waals surface area (Å²) in [5, 5.41) is 9.13. The van der Waals surface area contributed by atoms with Crippen molar-refractivity contribution in [3.05, 3.63) is 46.7 Å². The second kappa shape index (κ2) is 7.27. The van der Waals surface area contributed by atoms with Gasteiger partial charge in [-0.25, -0.2) is 4.98 Å². The van der Waals surface area contributed by atoms with E-state index in [0.717, 1.165) is 17.5 Å². The quantitative estimate of drug-likeness (QED) is 0.643. The van der Waals surface area contributed by atoms with E-state index >= 15 is 0 Å². The standard InChI is InChI=1S/C17H18N4O2S/c1-2-5-14(18-15(22)11-8-9-24-10-11)16(23)21-17-19-12-6-3-4-7-13(12)20-17/h3-4,6-10,14H,2,5H2,1H3,(H,18,22)(H2,19,20,21,23)/t14-/m1/s1. The van der Waals surface area contributed by atoms with Crippen LogP contribution in [0.3, 0.4) is 0 Å². The molecule has 1 aromatic carbocycles. The van der Waals surface area contributed by atoms with Crippen molar-refractivity contribution in [2.45, 2.75) is 25.8 Å². The minimum atomic E-state index is -0.601. The summed E-state index contributed by atoms with van der Waals surface area (Å²) >= 11 is 1.45. The number of anilines is 1. The first-order chi connectivity index (χ1) is 11.7. The van der Waals surface area contributed by atoms with Gasteiger partial charge in [0.1, 0.15) is 6.04 Å². The van der Waals surface area contributed by atoms with Crippen LogP contribution < -0.4 is 10.6 Å². The van der Waals surface area contributed by atoms with Gasteiger partial charge in [0.05, 0.1) is 16.6 Å². The molecule has 3 aromatic rings. The largest absolute Gasteiger partial charge is 0.340 e. The smallest absolute Gasteiger partial charge is 0.252 e. The van der Waals surface area contributed by atoms with Crippen molar-refractivity contribution >= 4 is 40.1 Å². The summed E-state index contributed by atoms with van der Waals surface area (Å²) < 4.78 is 0. The second-order valence-corrected chi connectivity index (χ2v) is 6.20. The van der Waals surface area contributed by atoms with Crippen LogP contribution in [0.1, 0.15) is 30.1 Å². The van der Waals surface area contributed by atoms with Crippen LogP contribution in [-0.2, 0) is 4.79 Å². The number of amides is 2. The van der Waals surface area contributed by atoms with E-state index in [0.29, 0.717) is 17.9 Å². The Morgan fingerprint density at radius 3 is 2.83 bits per heavy atom. The molecule has 124 valence electrons. The summed E-state index contributed by atoms with van der Waals surface area (Å²) in [6.45, 7) is 1.97. The van der Waals surface area contributed by atoms with Crippen molar-refractivity contribution in [2.75, 3.05) is 5.32 Å². The maximum atomic E-state index is 12.5. The third-order valence-electron chi connectivity index (χ3n) is 3.61.